The summed E-state index contributed by atoms with van der Waals surface area (Å²) in [5.74, 6) is 1.20. The molecule has 0 fully saturated rings. The van der Waals surface area contributed by atoms with Gasteiger partial charge in [-0.15, -0.1) is 0 Å². The van der Waals surface area contributed by atoms with Crippen molar-refractivity contribution in [1.82, 2.24) is 10.6 Å². The molecular formula is C22H23N3O3S. The Hall–Kier alpha value is -3.06. The van der Waals surface area contributed by atoms with E-state index in [1.165, 1.54) is 0 Å². The van der Waals surface area contributed by atoms with Gasteiger partial charge in [0.2, 0.25) is 0 Å². The lowest BCUT2D eigenvalue weighted by Crippen LogP contribution is -2.45. The minimum absolute atomic E-state index is 0.183. The van der Waals surface area contributed by atoms with Crippen LogP contribution in [0.5, 0.6) is 11.5 Å². The van der Waals surface area contributed by atoms with Crippen LogP contribution in [0.1, 0.15) is 29.7 Å². The number of ether oxygens (including phenoxy) is 2. The molecule has 1 atom stereocenters. The molecule has 0 aliphatic carbocycles. The second kappa shape index (κ2) is 7.75. The van der Waals surface area contributed by atoms with E-state index in [0.717, 1.165) is 28.1 Å². The molecule has 0 unspecified atom stereocenters. The van der Waals surface area contributed by atoms with Crippen molar-refractivity contribution in [1.29, 1.82) is 0 Å². The van der Waals surface area contributed by atoms with Gasteiger partial charge >= 0.3 is 0 Å². The van der Waals surface area contributed by atoms with Gasteiger partial charge in [-0.1, -0.05) is 23.8 Å². The summed E-state index contributed by atoms with van der Waals surface area (Å²) in [7, 11) is 0. The fourth-order valence-electron chi connectivity index (χ4n) is 3.63. The topological polar surface area (TPSA) is 71.6 Å². The number of hydrogen-bond acceptors (Lipinski definition) is 4. The maximum absolute atomic E-state index is 13.2. The van der Waals surface area contributed by atoms with Crippen molar-refractivity contribution < 1.29 is 14.3 Å². The van der Waals surface area contributed by atoms with Gasteiger partial charge < -0.3 is 25.4 Å². The fourth-order valence-corrected chi connectivity index (χ4v) is 3.90. The lowest BCUT2D eigenvalue weighted by Gasteiger charge is -2.31. The number of carbonyl (C=O) groups is 1. The molecule has 6 nitrogen and oxygen atoms in total. The molecule has 4 rings (SSSR count). The van der Waals surface area contributed by atoms with Crippen LogP contribution in [0.3, 0.4) is 0 Å². The van der Waals surface area contributed by atoms with E-state index in [4.69, 9.17) is 21.7 Å². The van der Waals surface area contributed by atoms with Gasteiger partial charge in [-0.25, -0.2) is 0 Å². The average molecular weight is 410 g/mol. The lowest BCUT2D eigenvalue weighted by atomic mass is 9.94. The third-order valence-corrected chi connectivity index (χ3v) is 5.26. The molecule has 29 heavy (non-hydrogen) atoms. The molecule has 150 valence electrons. The molecule has 2 aromatic carbocycles. The van der Waals surface area contributed by atoms with Crippen LogP contribution in [0.2, 0.25) is 0 Å². The first kappa shape index (κ1) is 19.3. The summed E-state index contributed by atoms with van der Waals surface area (Å²) in [4.78, 5) is 13.2. The van der Waals surface area contributed by atoms with Crippen molar-refractivity contribution in [3.05, 3.63) is 64.4 Å². The molecule has 3 N–H and O–H groups in total. The van der Waals surface area contributed by atoms with Crippen molar-refractivity contribution >= 4 is 28.9 Å². The molecule has 2 aromatic rings. The second-order valence-electron chi connectivity index (χ2n) is 7.25. The molecule has 0 bridgehead atoms. The van der Waals surface area contributed by atoms with Crippen LogP contribution < -0.4 is 25.4 Å². The van der Waals surface area contributed by atoms with E-state index in [-0.39, 0.29) is 5.91 Å². The first-order valence-electron chi connectivity index (χ1n) is 9.49. The van der Waals surface area contributed by atoms with Crippen LogP contribution in [0.25, 0.3) is 0 Å². The van der Waals surface area contributed by atoms with E-state index in [9.17, 15) is 4.79 Å². The number of nitrogens with one attached hydrogen (secondary N) is 3. The highest BCUT2D eigenvalue weighted by molar-refractivity contribution is 7.80. The highest BCUT2D eigenvalue weighted by Gasteiger charge is 2.31. The zero-order valence-corrected chi connectivity index (χ0v) is 17.4. The number of thiocarbonyl (C=S) groups is 1. The Morgan fingerprint density at radius 2 is 1.83 bits per heavy atom. The molecule has 2 aliphatic rings. The number of anilines is 1. The highest BCUT2D eigenvalue weighted by atomic mass is 32.1. The van der Waals surface area contributed by atoms with E-state index < -0.39 is 6.04 Å². The molecule has 1 amide bonds. The fraction of sp³-hybridized carbons (Fsp3) is 0.273. The Morgan fingerprint density at radius 1 is 1.07 bits per heavy atom. The van der Waals surface area contributed by atoms with E-state index >= 15 is 0 Å². The van der Waals surface area contributed by atoms with E-state index in [2.05, 4.69) is 16.0 Å². The van der Waals surface area contributed by atoms with E-state index in [0.29, 0.717) is 35.4 Å². The summed E-state index contributed by atoms with van der Waals surface area (Å²) in [6.45, 7) is 6.90. The Morgan fingerprint density at radius 3 is 2.59 bits per heavy atom. The lowest BCUT2D eigenvalue weighted by molar-refractivity contribution is -0.113. The number of rotatable bonds is 3. The van der Waals surface area contributed by atoms with Gasteiger partial charge in [0.25, 0.3) is 5.91 Å². The monoisotopic (exact) mass is 409 g/mol. The molecule has 0 aromatic heterocycles. The van der Waals surface area contributed by atoms with Gasteiger partial charge in [0.1, 0.15) is 13.2 Å². The number of benzene rings is 2. The van der Waals surface area contributed by atoms with Crippen LogP contribution in [-0.4, -0.2) is 24.2 Å². The van der Waals surface area contributed by atoms with Crippen LogP contribution in [0.15, 0.2) is 47.7 Å². The molecular weight excluding hydrogens is 386 g/mol. The summed E-state index contributed by atoms with van der Waals surface area (Å²) in [5.41, 5.74) is 5.13. The Bertz CT molecular complexity index is 1030. The van der Waals surface area contributed by atoms with Crippen molar-refractivity contribution in [2.45, 2.75) is 26.8 Å². The van der Waals surface area contributed by atoms with Crippen molar-refractivity contribution in [3.8, 4) is 11.5 Å². The first-order chi connectivity index (χ1) is 13.9. The summed E-state index contributed by atoms with van der Waals surface area (Å²) in [6.07, 6.45) is 0. The van der Waals surface area contributed by atoms with Crippen LogP contribution in [0.4, 0.5) is 5.69 Å². The number of hydrogen-bond donors (Lipinski definition) is 3. The molecule has 2 heterocycles. The molecule has 0 saturated heterocycles. The Labute approximate surface area is 175 Å². The maximum Gasteiger partial charge on any atom is 0.255 e. The quantitative estimate of drug-likeness (QED) is 0.674. The van der Waals surface area contributed by atoms with E-state index in [1.807, 2.05) is 57.2 Å². The van der Waals surface area contributed by atoms with Gasteiger partial charge in [0.05, 0.1) is 11.6 Å². The standard InChI is InChI=1S/C22H23N3O3S/c1-12-4-6-16(13(2)10-12)24-21(26)19-14(3)23-22(29)25-20(19)15-5-7-17-18(11-15)28-9-8-27-17/h4-7,10-11,20H,8-9H2,1-3H3,(H,24,26)(H2,23,25,29)/t20-/m0/s1. The van der Waals surface area contributed by atoms with Crippen molar-refractivity contribution in [2.24, 2.45) is 0 Å². The summed E-state index contributed by atoms with van der Waals surface area (Å²) >= 11 is 5.34. The van der Waals surface area contributed by atoms with Crippen LogP contribution >= 0.6 is 12.2 Å². The number of allylic oxidation sites excluding steroid dienone is 1. The molecule has 0 spiro atoms. The minimum atomic E-state index is -0.398. The summed E-state index contributed by atoms with van der Waals surface area (Å²) in [6, 6.07) is 11.2. The predicted molar refractivity (Wildman–Crippen MR) is 116 cm³/mol. The largest absolute Gasteiger partial charge is 0.486 e. The molecule has 2 aliphatic heterocycles. The molecule has 7 heteroatoms. The maximum atomic E-state index is 13.2. The van der Waals surface area contributed by atoms with Crippen molar-refractivity contribution in [3.63, 3.8) is 0 Å². The molecule has 0 radical (unpaired) electrons. The third kappa shape index (κ3) is 3.91. The van der Waals surface area contributed by atoms with Crippen molar-refractivity contribution in [2.75, 3.05) is 18.5 Å². The number of aryl methyl sites for hydroxylation is 2. The SMILES string of the molecule is CC1=C(C(=O)Nc2ccc(C)cc2C)[C@H](c2ccc3c(c2)OCCO3)NC(=S)N1. The molecule has 0 saturated carbocycles. The zero-order chi connectivity index (χ0) is 20.5. The first-order valence-corrected chi connectivity index (χ1v) is 9.89. The zero-order valence-electron chi connectivity index (χ0n) is 16.6. The second-order valence-corrected chi connectivity index (χ2v) is 7.65. The van der Waals surface area contributed by atoms with Gasteiger partial charge in [-0.05, 0) is 62.3 Å². The predicted octanol–water partition coefficient (Wildman–Crippen LogP) is 3.51. The van der Waals surface area contributed by atoms with E-state index in [1.54, 1.807) is 0 Å². The Kier molecular flexibility index (Phi) is 5.15. The number of carbonyl (C=O) groups excluding carboxylic acids is 1. The van der Waals surface area contributed by atoms with Crippen LogP contribution in [-0.2, 0) is 4.79 Å². The summed E-state index contributed by atoms with van der Waals surface area (Å²) < 4.78 is 11.3. The summed E-state index contributed by atoms with van der Waals surface area (Å²) in [5, 5.41) is 9.80. The van der Waals surface area contributed by atoms with Gasteiger partial charge in [-0.3, -0.25) is 4.79 Å². The van der Waals surface area contributed by atoms with Gasteiger partial charge in [0.15, 0.2) is 16.6 Å². The smallest absolute Gasteiger partial charge is 0.255 e. The minimum Gasteiger partial charge on any atom is -0.486 e. The Balaban J connectivity index is 1.68. The average Bonchev–Trinajstić information content (AvgIpc) is 2.69. The van der Waals surface area contributed by atoms with Gasteiger partial charge in [-0.2, -0.15) is 0 Å². The normalized spacial score (nSPS) is 18.0. The number of amides is 1. The highest BCUT2D eigenvalue weighted by Crippen LogP contribution is 2.36. The van der Waals surface area contributed by atoms with Gasteiger partial charge in [0, 0.05) is 11.4 Å². The third-order valence-electron chi connectivity index (χ3n) is 5.04. The van der Waals surface area contributed by atoms with Crippen LogP contribution in [0, 0.1) is 13.8 Å². The number of fused-ring (bicyclic) bond motifs is 1.